The lowest BCUT2D eigenvalue weighted by Gasteiger charge is -2.72. The molecule has 0 saturated heterocycles. The van der Waals surface area contributed by atoms with Gasteiger partial charge in [0.25, 0.3) is 0 Å². The minimum Gasteiger partial charge on any atom is -0.481 e. The molecule has 0 aliphatic heterocycles. The van der Waals surface area contributed by atoms with Gasteiger partial charge in [-0.2, -0.15) is 0 Å². The van der Waals surface area contributed by atoms with Crippen LogP contribution in [0.3, 0.4) is 0 Å². The summed E-state index contributed by atoms with van der Waals surface area (Å²) in [7, 11) is 0. The number of hydrogen-bond acceptors (Lipinski definition) is 3. The van der Waals surface area contributed by atoms with E-state index in [-0.39, 0.29) is 33.7 Å². The zero-order chi connectivity index (χ0) is 24.0. The van der Waals surface area contributed by atoms with Crippen LogP contribution >= 0.6 is 0 Å². The maximum atomic E-state index is 12.5. The Balaban J connectivity index is 1.49. The fourth-order valence-electron chi connectivity index (χ4n) is 11.3. The summed E-state index contributed by atoms with van der Waals surface area (Å²) in [6.07, 6.45) is 12.1. The van der Waals surface area contributed by atoms with Gasteiger partial charge in [-0.05, 0) is 104 Å². The number of carbonyl (C=O) groups is 2. The van der Waals surface area contributed by atoms with Crippen LogP contribution < -0.4 is 0 Å². The summed E-state index contributed by atoms with van der Waals surface area (Å²) < 4.78 is 5.85. The lowest BCUT2D eigenvalue weighted by Crippen LogP contribution is -2.66. The predicted molar refractivity (Wildman–Crippen MR) is 128 cm³/mol. The summed E-state index contributed by atoms with van der Waals surface area (Å²) in [5, 5.41) is 10.3. The average Bonchev–Trinajstić information content (AvgIpc) is 3.16. The van der Waals surface area contributed by atoms with E-state index in [1.807, 2.05) is 0 Å². The van der Waals surface area contributed by atoms with E-state index in [1.165, 1.54) is 25.7 Å². The van der Waals surface area contributed by atoms with E-state index in [0.717, 1.165) is 44.9 Å². The van der Waals surface area contributed by atoms with Gasteiger partial charge >= 0.3 is 11.9 Å². The van der Waals surface area contributed by atoms with E-state index in [2.05, 4.69) is 34.6 Å². The Hall–Kier alpha value is -1.06. The van der Waals surface area contributed by atoms with Gasteiger partial charge in [-0.1, -0.05) is 41.0 Å². The third kappa shape index (κ3) is 2.87. The summed E-state index contributed by atoms with van der Waals surface area (Å²) in [6.45, 7) is 14.0. The molecule has 0 radical (unpaired) electrons. The minimum atomic E-state index is -0.513. The molecule has 186 valence electrons. The molecular formula is C29H46O4. The van der Waals surface area contributed by atoms with Gasteiger partial charge in [0.05, 0.1) is 5.41 Å². The number of carboxylic acids is 1. The van der Waals surface area contributed by atoms with Crippen molar-refractivity contribution in [2.24, 2.45) is 50.7 Å². The van der Waals surface area contributed by atoms with Crippen LogP contribution in [0.25, 0.3) is 0 Å². The van der Waals surface area contributed by atoms with Gasteiger partial charge in [0.2, 0.25) is 0 Å². The van der Waals surface area contributed by atoms with Crippen molar-refractivity contribution in [3.63, 3.8) is 0 Å². The average molecular weight is 459 g/mol. The number of fused-ring (bicyclic) bond motifs is 7. The first kappa shape index (κ1) is 23.7. The molecule has 4 heteroatoms. The standard InChI is InChI=1S/C29H46O4/c1-18(30)33-23-12-14-26(4)21(25(23,2)3)11-15-28(6)22(26)10-9-19-20-8-7-13-29(20,24(31)32)17-16-27(19,28)5/h19-23H,7-17H2,1-6H3,(H,31,32). The summed E-state index contributed by atoms with van der Waals surface area (Å²) in [4.78, 5) is 24.3. The van der Waals surface area contributed by atoms with E-state index >= 15 is 0 Å². The van der Waals surface area contributed by atoms with Gasteiger partial charge in [-0.15, -0.1) is 0 Å². The van der Waals surface area contributed by atoms with E-state index in [0.29, 0.717) is 23.7 Å². The molecule has 5 fully saturated rings. The van der Waals surface area contributed by atoms with Crippen LogP contribution in [0.1, 0.15) is 112 Å². The topological polar surface area (TPSA) is 63.6 Å². The first-order valence-corrected chi connectivity index (χ1v) is 13.7. The molecule has 9 unspecified atom stereocenters. The second kappa shape index (κ2) is 7.23. The molecule has 0 aromatic rings. The van der Waals surface area contributed by atoms with Crippen molar-refractivity contribution >= 4 is 11.9 Å². The number of ether oxygens (including phenoxy) is 1. The van der Waals surface area contributed by atoms with E-state index in [4.69, 9.17) is 4.74 Å². The highest BCUT2D eigenvalue weighted by molar-refractivity contribution is 5.76. The number of aliphatic carboxylic acids is 1. The Morgan fingerprint density at radius 1 is 0.758 bits per heavy atom. The number of rotatable bonds is 2. The number of esters is 1. The van der Waals surface area contributed by atoms with Gasteiger partial charge in [0, 0.05) is 12.3 Å². The largest absolute Gasteiger partial charge is 0.481 e. The van der Waals surface area contributed by atoms with Crippen molar-refractivity contribution in [2.45, 2.75) is 118 Å². The van der Waals surface area contributed by atoms with Crippen molar-refractivity contribution in [1.82, 2.24) is 0 Å². The first-order valence-electron chi connectivity index (χ1n) is 13.7. The van der Waals surface area contributed by atoms with Crippen LogP contribution in [-0.4, -0.2) is 23.1 Å². The van der Waals surface area contributed by atoms with Crippen molar-refractivity contribution in [2.75, 3.05) is 0 Å². The molecule has 0 bridgehead atoms. The molecular weight excluding hydrogens is 412 g/mol. The van der Waals surface area contributed by atoms with Crippen molar-refractivity contribution in [3.8, 4) is 0 Å². The van der Waals surface area contributed by atoms with E-state index < -0.39 is 11.4 Å². The van der Waals surface area contributed by atoms with E-state index in [1.54, 1.807) is 6.92 Å². The Morgan fingerprint density at radius 2 is 1.48 bits per heavy atom. The van der Waals surface area contributed by atoms with Crippen LogP contribution in [-0.2, 0) is 14.3 Å². The Kier molecular flexibility index (Phi) is 5.19. The van der Waals surface area contributed by atoms with Gasteiger partial charge in [-0.3, -0.25) is 9.59 Å². The number of carbonyl (C=O) groups excluding carboxylic acids is 1. The maximum absolute atomic E-state index is 12.5. The van der Waals surface area contributed by atoms with Gasteiger partial charge in [0.1, 0.15) is 6.10 Å². The summed E-state index contributed by atoms with van der Waals surface area (Å²) in [5.41, 5.74) is 0.304. The fraction of sp³-hybridized carbons (Fsp3) is 0.931. The molecule has 0 aromatic heterocycles. The molecule has 0 heterocycles. The third-order valence-corrected chi connectivity index (χ3v) is 13.0. The normalized spacial score (nSPS) is 52.6. The van der Waals surface area contributed by atoms with Crippen molar-refractivity contribution < 1.29 is 19.4 Å². The summed E-state index contributed by atoms with van der Waals surface area (Å²) >= 11 is 0. The second-order valence-corrected chi connectivity index (χ2v) is 14.1. The lowest BCUT2D eigenvalue weighted by molar-refractivity contribution is -0.248. The van der Waals surface area contributed by atoms with Crippen LogP contribution in [0.5, 0.6) is 0 Å². The highest BCUT2D eigenvalue weighted by atomic mass is 16.5. The zero-order valence-corrected chi connectivity index (χ0v) is 21.8. The maximum Gasteiger partial charge on any atom is 0.309 e. The van der Waals surface area contributed by atoms with Crippen molar-refractivity contribution in [1.29, 1.82) is 0 Å². The third-order valence-electron chi connectivity index (χ3n) is 13.0. The molecule has 0 aromatic carbocycles. The van der Waals surface area contributed by atoms with Crippen LogP contribution in [0.15, 0.2) is 0 Å². The smallest absolute Gasteiger partial charge is 0.309 e. The molecule has 5 aliphatic carbocycles. The van der Waals surface area contributed by atoms with Crippen LogP contribution in [0.4, 0.5) is 0 Å². The predicted octanol–water partition coefficient (Wildman–Crippen LogP) is 6.86. The Labute approximate surface area is 200 Å². The minimum absolute atomic E-state index is 0.00572. The highest BCUT2D eigenvalue weighted by Crippen LogP contribution is 2.76. The van der Waals surface area contributed by atoms with Crippen LogP contribution in [0.2, 0.25) is 0 Å². The molecule has 5 saturated carbocycles. The molecule has 0 spiro atoms. The van der Waals surface area contributed by atoms with Crippen molar-refractivity contribution in [3.05, 3.63) is 0 Å². The zero-order valence-electron chi connectivity index (χ0n) is 21.8. The number of carboxylic acid groups (broad SMARTS) is 1. The second-order valence-electron chi connectivity index (χ2n) is 14.1. The number of hydrogen-bond donors (Lipinski definition) is 1. The van der Waals surface area contributed by atoms with Gasteiger partial charge in [-0.25, -0.2) is 0 Å². The lowest BCUT2D eigenvalue weighted by atomic mass is 9.32. The molecule has 5 aliphatic rings. The summed E-state index contributed by atoms with van der Waals surface area (Å²) in [6, 6.07) is 0. The molecule has 4 nitrogen and oxygen atoms in total. The van der Waals surface area contributed by atoms with E-state index in [9.17, 15) is 14.7 Å². The first-order chi connectivity index (χ1) is 15.3. The van der Waals surface area contributed by atoms with Gasteiger partial charge in [0.15, 0.2) is 0 Å². The molecule has 1 N–H and O–H groups in total. The monoisotopic (exact) mass is 458 g/mol. The SMILES string of the molecule is CC(=O)OC1CCC2(C)C(CCC3(C)C2CCC2C4CCCC4(C(=O)O)CCC23C)C1(C)C. The Morgan fingerprint density at radius 3 is 2.15 bits per heavy atom. The highest BCUT2D eigenvalue weighted by Gasteiger charge is 2.71. The van der Waals surface area contributed by atoms with Gasteiger partial charge < -0.3 is 9.84 Å². The fourth-order valence-corrected chi connectivity index (χ4v) is 11.3. The van der Waals surface area contributed by atoms with Crippen LogP contribution in [0, 0.1) is 50.7 Å². The summed E-state index contributed by atoms with van der Waals surface area (Å²) in [5.74, 6) is 1.49. The molecule has 9 atom stereocenters. The quantitative estimate of drug-likeness (QED) is 0.459. The Bertz CT molecular complexity index is 849. The molecule has 33 heavy (non-hydrogen) atoms. The molecule has 5 rings (SSSR count). The molecule has 0 amide bonds.